The molecule has 0 saturated carbocycles. The topological polar surface area (TPSA) is 377 Å². The number of aldehydes is 1. The number of nitrogens with zero attached hydrogens (tertiary/aromatic N) is 1. The summed E-state index contributed by atoms with van der Waals surface area (Å²) in [6, 6.07) is -3.34. The molecule has 15 N–H and O–H groups in total. The van der Waals surface area contributed by atoms with Crippen molar-refractivity contribution in [3.63, 3.8) is 0 Å². The first kappa shape index (κ1) is 56.4. The van der Waals surface area contributed by atoms with Gasteiger partial charge in [0.2, 0.25) is 53.2 Å². The first-order chi connectivity index (χ1) is 31.3. The first-order valence-electron chi connectivity index (χ1n) is 21.7. The molecule has 1 saturated heterocycles. The first-order valence-corrected chi connectivity index (χ1v) is 23.1. The zero-order chi connectivity index (χ0) is 49.5. The van der Waals surface area contributed by atoms with Crippen molar-refractivity contribution >= 4 is 71.2 Å². The summed E-state index contributed by atoms with van der Waals surface area (Å²) >= 11 is 1.45. The van der Waals surface area contributed by atoms with Crippen LogP contribution in [0.15, 0.2) is 30.3 Å². The molecule has 1 aliphatic heterocycles. The van der Waals surface area contributed by atoms with E-state index in [0.717, 1.165) is 0 Å². The van der Waals surface area contributed by atoms with Crippen molar-refractivity contribution in [2.45, 2.75) is 133 Å². The van der Waals surface area contributed by atoms with Gasteiger partial charge in [-0.25, -0.2) is 0 Å². The minimum Gasteiger partial charge on any atom is -0.394 e. The number of carbonyl (C=O) groups excluding carboxylic acids is 10. The molecule has 0 spiro atoms. The molecule has 1 aromatic carbocycles. The lowest BCUT2D eigenvalue weighted by Crippen LogP contribution is -2.61. The highest BCUT2D eigenvalue weighted by molar-refractivity contribution is 7.98. The van der Waals surface area contributed by atoms with E-state index in [1.807, 2.05) is 6.26 Å². The molecule has 368 valence electrons. The van der Waals surface area contributed by atoms with Gasteiger partial charge in [0, 0.05) is 13.0 Å². The second-order valence-corrected chi connectivity index (χ2v) is 17.0. The van der Waals surface area contributed by atoms with Gasteiger partial charge in [-0.1, -0.05) is 36.8 Å². The molecule has 24 heteroatoms. The summed E-state index contributed by atoms with van der Waals surface area (Å²) in [6.45, 7) is 3.58. The third-order valence-electron chi connectivity index (χ3n) is 10.6. The number of thioether (sulfide) groups is 1. The van der Waals surface area contributed by atoms with Gasteiger partial charge in [-0.2, -0.15) is 11.8 Å². The Morgan fingerprint density at radius 1 is 0.788 bits per heavy atom. The highest BCUT2D eigenvalue weighted by Crippen LogP contribution is 2.19. The fourth-order valence-corrected chi connectivity index (χ4v) is 7.29. The number of hydrogen-bond donors (Lipinski definition) is 12. The predicted octanol–water partition coefficient (Wildman–Crippen LogP) is -4.69. The van der Waals surface area contributed by atoms with E-state index in [1.165, 1.54) is 37.4 Å². The van der Waals surface area contributed by atoms with Gasteiger partial charge in [-0.15, -0.1) is 0 Å². The second-order valence-electron chi connectivity index (χ2n) is 16.0. The Kier molecular flexibility index (Phi) is 24.8. The highest BCUT2D eigenvalue weighted by Gasteiger charge is 2.39. The van der Waals surface area contributed by atoms with Gasteiger partial charge in [0.25, 0.3) is 0 Å². The SMILES string of the molecule is CSCC[C@@H](C=O)NC(=O)[C@@H](NC(=O)[C@H](C)NC(=O)[C@H](Cc1ccccc1)NC(=O)[C@H](CC(N)=O)NC(=O)[C@H](CO)NC(=O)[C@@H]1CCCN1C(=O)[C@H](C)NC(=O)[C@@H](N)CCCCN)[C@@H](C)O. The molecule has 66 heavy (non-hydrogen) atoms. The van der Waals surface area contributed by atoms with Crippen molar-refractivity contribution in [1.29, 1.82) is 0 Å². The smallest absolute Gasteiger partial charge is 0.245 e. The summed E-state index contributed by atoms with van der Waals surface area (Å²) in [7, 11) is 0. The Bertz CT molecular complexity index is 1830. The average Bonchev–Trinajstić information content (AvgIpc) is 3.78. The fraction of sp³-hybridized carbons (Fsp3) is 0.619. The summed E-state index contributed by atoms with van der Waals surface area (Å²) in [4.78, 5) is 132. The van der Waals surface area contributed by atoms with E-state index in [1.54, 1.807) is 30.3 Å². The van der Waals surface area contributed by atoms with E-state index in [-0.39, 0.29) is 19.4 Å². The Hall–Kier alpha value is -5.69. The summed E-state index contributed by atoms with van der Waals surface area (Å²) in [5.74, 6) is -7.32. The number of hydrogen-bond acceptors (Lipinski definition) is 15. The van der Waals surface area contributed by atoms with Gasteiger partial charge in [-0.3, -0.25) is 43.2 Å². The third kappa shape index (κ3) is 18.7. The van der Waals surface area contributed by atoms with E-state index in [2.05, 4.69) is 37.2 Å². The molecule has 1 aromatic rings. The van der Waals surface area contributed by atoms with Crippen LogP contribution in [0.2, 0.25) is 0 Å². The van der Waals surface area contributed by atoms with Gasteiger partial charge in [0.05, 0.1) is 31.2 Å². The van der Waals surface area contributed by atoms with E-state index < -0.39 is 127 Å². The minimum atomic E-state index is -1.75. The summed E-state index contributed by atoms with van der Waals surface area (Å²) < 4.78 is 0. The van der Waals surface area contributed by atoms with Crippen molar-refractivity contribution in [2.75, 3.05) is 31.7 Å². The number of aliphatic hydroxyl groups is 2. The van der Waals surface area contributed by atoms with E-state index >= 15 is 0 Å². The number of rotatable bonds is 29. The molecule has 0 unspecified atom stereocenters. The average molecular weight is 950 g/mol. The zero-order valence-electron chi connectivity index (χ0n) is 37.8. The summed E-state index contributed by atoms with van der Waals surface area (Å²) in [5.41, 5.74) is 17.4. The Balaban J connectivity index is 2.20. The van der Waals surface area contributed by atoms with Crippen LogP contribution in [0.1, 0.15) is 71.3 Å². The van der Waals surface area contributed by atoms with Crippen LogP contribution < -0.4 is 54.4 Å². The number of carbonyl (C=O) groups is 10. The van der Waals surface area contributed by atoms with Crippen LogP contribution in [-0.2, 0) is 54.4 Å². The lowest BCUT2D eigenvalue weighted by atomic mass is 10.0. The van der Waals surface area contributed by atoms with Crippen molar-refractivity contribution in [2.24, 2.45) is 17.2 Å². The summed E-state index contributed by atoms with van der Waals surface area (Å²) in [5, 5.41) is 37.4. The maximum atomic E-state index is 13.8. The molecule has 1 fully saturated rings. The molecule has 0 aliphatic carbocycles. The Labute approximate surface area is 388 Å². The van der Waals surface area contributed by atoms with Gasteiger partial charge in [-0.05, 0) is 77.0 Å². The minimum absolute atomic E-state index is 0.152. The van der Waals surface area contributed by atoms with Crippen LogP contribution in [0.25, 0.3) is 0 Å². The number of nitrogens with two attached hydrogens (primary N) is 3. The zero-order valence-corrected chi connectivity index (χ0v) is 38.6. The third-order valence-corrected chi connectivity index (χ3v) is 11.2. The van der Waals surface area contributed by atoms with Gasteiger partial charge < -0.3 is 74.3 Å². The predicted molar refractivity (Wildman–Crippen MR) is 242 cm³/mol. The van der Waals surface area contributed by atoms with Crippen molar-refractivity contribution in [3.8, 4) is 0 Å². The molecule has 1 aliphatic rings. The Morgan fingerprint density at radius 3 is 2.00 bits per heavy atom. The molecule has 1 heterocycles. The lowest BCUT2D eigenvalue weighted by Gasteiger charge is -2.29. The number of nitrogens with one attached hydrogen (secondary N) is 7. The van der Waals surface area contributed by atoms with E-state index in [9.17, 15) is 58.2 Å². The number of primary amides is 1. The lowest BCUT2D eigenvalue weighted by molar-refractivity contribution is -0.142. The monoisotopic (exact) mass is 949 g/mol. The standard InChI is InChI=1S/C42H67N11O12S/c1-23(35(58)52-34(25(3)56)41(64)48-27(21-54)15-18-66-4)46-37(60)29(19-26-11-6-5-7-12-26)49-38(61)30(20-33(45)57)50-39(62)31(22-55)51-40(63)32-14-10-17-53(32)42(65)24(2)47-36(59)28(44)13-8-9-16-43/h5-7,11-12,21,23-25,27-32,34,55-56H,8-10,13-20,22,43-44H2,1-4H3,(H2,45,57)(H,46,60)(H,47,59)(H,48,64)(H,49,61)(H,50,62)(H,51,63)(H,52,58)/t23-,24-,25+,27-,28-,29-,30-,31-,32-,34-/m0/s1. The molecular weight excluding hydrogens is 883 g/mol. The maximum absolute atomic E-state index is 13.8. The number of amides is 9. The van der Waals surface area contributed by atoms with Crippen LogP contribution in [-0.4, -0.2) is 167 Å². The quantitative estimate of drug-likeness (QED) is 0.0265. The number of aliphatic hydroxyl groups excluding tert-OH is 2. The van der Waals surface area contributed by atoms with E-state index in [4.69, 9.17) is 17.2 Å². The normalized spacial score (nSPS) is 17.5. The largest absolute Gasteiger partial charge is 0.394 e. The van der Waals surface area contributed by atoms with Crippen molar-refractivity contribution in [1.82, 2.24) is 42.1 Å². The van der Waals surface area contributed by atoms with Gasteiger partial charge in [0.1, 0.15) is 48.6 Å². The molecule has 0 bridgehead atoms. The van der Waals surface area contributed by atoms with Crippen LogP contribution in [0.4, 0.5) is 0 Å². The number of unbranched alkanes of at least 4 members (excludes halogenated alkanes) is 1. The second kappa shape index (κ2) is 29.1. The molecule has 10 atom stereocenters. The van der Waals surface area contributed by atoms with Crippen molar-refractivity contribution in [3.05, 3.63) is 35.9 Å². The fourth-order valence-electron chi connectivity index (χ4n) is 6.80. The Morgan fingerprint density at radius 2 is 1.41 bits per heavy atom. The number of likely N-dealkylation sites (tertiary alicyclic amines) is 1. The molecule has 23 nitrogen and oxygen atoms in total. The van der Waals surface area contributed by atoms with Crippen LogP contribution in [0.5, 0.6) is 0 Å². The molecule has 2 rings (SSSR count). The molecule has 9 amide bonds. The van der Waals surface area contributed by atoms with Crippen LogP contribution in [0, 0.1) is 0 Å². The van der Waals surface area contributed by atoms with Gasteiger partial charge in [0.15, 0.2) is 0 Å². The highest BCUT2D eigenvalue weighted by atomic mass is 32.2. The van der Waals surface area contributed by atoms with Crippen LogP contribution in [0.3, 0.4) is 0 Å². The summed E-state index contributed by atoms with van der Waals surface area (Å²) in [6.07, 6.45) is 2.53. The maximum Gasteiger partial charge on any atom is 0.245 e. The molecular formula is C42H67N11O12S. The molecule has 0 radical (unpaired) electrons. The number of benzene rings is 1. The van der Waals surface area contributed by atoms with Gasteiger partial charge >= 0.3 is 0 Å². The van der Waals surface area contributed by atoms with Crippen LogP contribution >= 0.6 is 11.8 Å². The van der Waals surface area contributed by atoms with E-state index in [0.29, 0.717) is 56.3 Å². The molecule has 0 aromatic heterocycles. The van der Waals surface area contributed by atoms with Crippen molar-refractivity contribution < 1.29 is 58.2 Å².